The molecule has 0 amide bonds. The van der Waals surface area contributed by atoms with Crippen molar-refractivity contribution in [1.82, 2.24) is 9.21 Å². The first-order chi connectivity index (χ1) is 10.3. The molecule has 1 aromatic rings. The third-order valence-corrected chi connectivity index (χ3v) is 5.75. The first-order valence-corrected chi connectivity index (χ1v) is 8.71. The molecule has 1 aliphatic heterocycles. The first-order valence-electron chi connectivity index (χ1n) is 7.27. The Bertz CT molecular complexity index is 643. The standard InChI is InChI=1S/C15H22N2O4S/c1-16(2)22(20,21)14-7-3-5-12(9-14)10-17-8-4-6-13(11-17)15(18)19/h3,5,7,9,13H,4,6,8,10-11H2,1-2H3,(H,18,19). The van der Waals surface area contributed by atoms with Crippen LogP contribution in [-0.2, 0) is 21.4 Å². The van der Waals surface area contributed by atoms with Crippen LogP contribution < -0.4 is 0 Å². The van der Waals surface area contributed by atoms with Crippen LogP contribution in [0.3, 0.4) is 0 Å². The number of nitrogens with zero attached hydrogens (tertiary/aromatic N) is 2. The Morgan fingerprint density at radius 1 is 1.41 bits per heavy atom. The van der Waals surface area contributed by atoms with Crippen LogP contribution in [0.4, 0.5) is 0 Å². The molecule has 1 N–H and O–H groups in total. The number of benzene rings is 1. The summed E-state index contributed by atoms with van der Waals surface area (Å²) in [5, 5.41) is 9.12. The molecular weight excluding hydrogens is 304 g/mol. The second-order valence-corrected chi connectivity index (χ2v) is 8.00. The van der Waals surface area contributed by atoms with Gasteiger partial charge in [-0.1, -0.05) is 12.1 Å². The lowest BCUT2D eigenvalue weighted by molar-refractivity contribution is -0.143. The molecule has 1 saturated heterocycles. The molecule has 0 aliphatic carbocycles. The molecule has 1 aromatic carbocycles. The van der Waals surface area contributed by atoms with E-state index >= 15 is 0 Å². The van der Waals surface area contributed by atoms with Gasteiger partial charge in [0.25, 0.3) is 0 Å². The molecule has 2 rings (SSSR count). The van der Waals surface area contributed by atoms with E-state index < -0.39 is 16.0 Å². The summed E-state index contributed by atoms with van der Waals surface area (Å²) < 4.78 is 25.5. The van der Waals surface area contributed by atoms with Gasteiger partial charge in [0, 0.05) is 27.2 Å². The van der Waals surface area contributed by atoms with E-state index in [2.05, 4.69) is 4.90 Å². The number of carboxylic acid groups (broad SMARTS) is 1. The van der Waals surface area contributed by atoms with Gasteiger partial charge in [-0.15, -0.1) is 0 Å². The zero-order valence-corrected chi connectivity index (χ0v) is 13.7. The average molecular weight is 326 g/mol. The Kier molecular flexibility index (Phi) is 5.20. The van der Waals surface area contributed by atoms with Crippen molar-refractivity contribution < 1.29 is 18.3 Å². The minimum atomic E-state index is -3.44. The van der Waals surface area contributed by atoms with Gasteiger partial charge < -0.3 is 5.11 Å². The highest BCUT2D eigenvalue weighted by molar-refractivity contribution is 7.89. The molecule has 0 aromatic heterocycles. The second-order valence-electron chi connectivity index (χ2n) is 5.85. The highest BCUT2D eigenvalue weighted by atomic mass is 32.2. The molecule has 122 valence electrons. The van der Waals surface area contributed by atoms with E-state index in [0.29, 0.717) is 19.5 Å². The maximum atomic E-state index is 12.2. The fraction of sp³-hybridized carbons (Fsp3) is 0.533. The smallest absolute Gasteiger partial charge is 0.307 e. The maximum Gasteiger partial charge on any atom is 0.307 e. The molecule has 1 fully saturated rings. The fourth-order valence-corrected chi connectivity index (χ4v) is 3.65. The third-order valence-electron chi connectivity index (χ3n) is 3.94. The van der Waals surface area contributed by atoms with Gasteiger partial charge in [0.15, 0.2) is 0 Å². The monoisotopic (exact) mass is 326 g/mol. The molecule has 1 aliphatic rings. The molecule has 1 heterocycles. The molecule has 0 saturated carbocycles. The number of piperidine rings is 1. The van der Waals surface area contributed by atoms with Gasteiger partial charge in [-0.2, -0.15) is 0 Å². The largest absolute Gasteiger partial charge is 0.481 e. The van der Waals surface area contributed by atoms with Crippen molar-refractivity contribution in [3.05, 3.63) is 29.8 Å². The van der Waals surface area contributed by atoms with Crippen LogP contribution in [0.5, 0.6) is 0 Å². The molecule has 1 atom stereocenters. The van der Waals surface area contributed by atoms with Crippen LogP contribution in [0.15, 0.2) is 29.2 Å². The topological polar surface area (TPSA) is 77.9 Å². The molecular formula is C15H22N2O4S. The summed E-state index contributed by atoms with van der Waals surface area (Å²) in [6.45, 7) is 1.93. The van der Waals surface area contributed by atoms with Crippen molar-refractivity contribution >= 4 is 16.0 Å². The van der Waals surface area contributed by atoms with E-state index in [9.17, 15) is 13.2 Å². The number of likely N-dealkylation sites (tertiary alicyclic amines) is 1. The number of rotatable bonds is 5. The quantitative estimate of drug-likeness (QED) is 0.880. The van der Waals surface area contributed by atoms with Gasteiger partial charge in [-0.25, -0.2) is 12.7 Å². The van der Waals surface area contributed by atoms with Crippen LogP contribution in [-0.4, -0.2) is 55.9 Å². The normalized spacial score (nSPS) is 20.2. The zero-order chi connectivity index (χ0) is 16.3. The van der Waals surface area contributed by atoms with Crippen LogP contribution >= 0.6 is 0 Å². The lowest BCUT2D eigenvalue weighted by Gasteiger charge is -2.30. The number of hydrogen-bond donors (Lipinski definition) is 1. The van der Waals surface area contributed by atoms with Gasteiger partial charge >= 0.3 is 5.97 Å². The molecule has 6 nitrogen and oxygen atoms in total. The summed E-state index contributed by atoms with van der Waals surface area (Å²) >= 11 is 0. The Morgan fingerprint density at radius 2 is 2.14 bits per heavy atom. The highest BCUT2D eigenvalue weighted by Crippen LogP contribution is 2.20. The molecule has 0 bridgehead atoms. The fourth-order valence-electron chi connectivity index (χ4n) is 2.67. The number of sulfonamides is 1. The van der Waals surface area contributed by atoms with E-state index in [4.69, 9.17) is 5.11 Å². The Morgan fingerprint density at radius 3 is 2.77 bits per heavy atom. The van der Waals surface area contributed by atoms with Crippen LogP contribution in [0, 0.1) is 5.92 Å². The van der Waals surface area contributed by atoms with Crippen molar-refractivity contribution in [2.75, 3.05) is 27.2 Å². The summed E-state index contributed by atoms with van der Waals surface area (Å²) in [6, 6.07) is 6.85. The molecule has 7 heteroatoms. The summed E-state index contributed by atoms with van der Waals surface area (Å²) in [5.74, 6) is -1.09. The van der Waals surface area contributed by atoms with Gasteiger partial charge in [0.1, 0.15) is 0 Å². The van der Waals surface area contributed by atoms with E-state index in [1.807, 2.05) is 6.07 Å². The van der Waals surface area contributed by atoms with Crippen molar-refractivity contribution in [3.63, 3.8) is 0 Å². The summed E-state index contributed by atoms with van der Waals surface area (Å²) in [7, 11) is -0.436. The first kappa shape index (κ1) is 16.9. The Balaban J connectivity index is 2.12. The van der Waals surface area contributed by atoms with E-state index in [0.717, 1.165) is 18.5 Å². The van der Waals surface area contributed by atoms with Crippen molar-refractivity contribution in [3.8, 4) is 0 Å². The number of hydrogen-bond acceptors (Lipinski definition) is 4. The Hall–Kier alpha value is -1.44. The molecule has 0 spiro atoms. The van der Waals surface area contributed by atoms with Gasteiger partial charge in [-0.3, -0.25) is 9.69 Å². The van der Waals surface area contributed by atoms with E-state index in [1.54, 1.807) is 18.2 Å². The van der Waals surface area contributed by atoms with Crippen LogP contribution in [0.1, 0.15) is 18.4 Å². The maximum absolute atomic E-state index is 12.2. The predicted octanol–water partition coefficient (Wildman–Crippen LogP) is 1.23. The molecule has 1 unspecified atom stereocenters. The molecule has 22 heavy (non-hydrogen) atoms. The second kappa shape index (κ2) is 6.76. The third kappa shape index (κ3) is 3.85. The van der Waals surface area contributed by atoms with E-state index in [1.165, 1.54) is 18.4 Å². The lowest BCUT2D eigenvalue weighted by atomic mass is 9.98. The zero-order valence-electron chi connectivity index (χ0n) is 12.9. The van der Waals surface area contributed by atoms with Crippen molar-refractivity contribution in [2.24, 2.45) is 5.92 Å². The Labute approximate surface area is 131 Å². The molecule has 0 radical (unpaired) electrons. The SMILES string of the molecule is CN(C)S(=O)(=O)c1cccc(CN2CCCC(C(=O)O)C2)c1. The average Bonchev–Trinajstić information content (AvgIpc) is 2.47. The van der Waals surface area contributed by atoms with Crippen molar-refractivity contribution in [1.29, 1.82) is 0 Å². The lowest BCUT2D eigenvalue weighted by Crippen LogP contribution is -2.38. The van der Waals surface area contributed by atoms with Crippen molar-refractivity contribution in [2.45, 2.75) is 24.3 Å². The minimum absolute atomic E-state index is 0.266. The summed E-state index contributed by atoms with van der Waals surface area (Å²) in [4.78, 5) is 13.4. The highest BCUT2D eigenvalue weighted by Gasteiger charge is 2.25. The number of aliphatic carboxylic acids is 1. The van der Waals surface area contributed by atoms with E-state index in [-0.39, 0.29) is 10.8 Å². The van der Waals surface area contributed by atoms with Gasteiger partial charge in [-0.05, 0) is 37.1 Å². The summed E-state index contributed by atoms with van der Waals surface area (Å²) in [5.41, 5.74) is 0.883. The summed E-state index contributed by atoms with van der Waals surface area (Å²) in [6.07, 6.45) is 1.56. The van der Waals surface area contributed by atoms with Crippen LogP contribution in [0.2, 0.25) is 0 Å². The minimum Gasteiger partial charge on any atom is -0.481 e. The van der Waals surface area contributed by atoms with Crippen LogP contribution in [0.25, 0.3) is 0 Å². The predicted molar refractivity (Wildman–Crippen MR) is 83.0 cm³/mol. The number of carboxylic acids is 1. The van der Waals surface area contributed by atoms with Gasteiger partial charge in [0.2, 0.25) is 10.0 Å². The number of carbonyl (C=O) groups is 1. The van der Waals surface area contributed by atoms with Gasteiger partial charge in [0.05, 0.1) is 10.8 Å².